The normalized spacial score (nSPS) is 18.7. The third-order valence-corrected chi connectivity index (χ3v) is 3.23. The number of hydrogen-bond acceptors (Lipinski definition) is 3. The van der Waals surface area contributed by atoms with Gasteiger partial charge in [0.1, 0.15) is 17.6 Å². The van der Waals surface area contributed by atoms with Crippen molar-refractivity contribution >= 4 is 6.29 Å². The summed E-state index contributed by atoms with van der Waals surface area (Å²) < 4.78 is 20.0. The summed E-state index contributed by atoms with van der Waals surface area (Å²) in [5, 5.41) is 4.40. The van der Waals surface area contributed by atoms with Gasteiger partial charge in [-0.2, -0.15) is 5.10 Å². The Kier molecular flexibility index (Phi) is 3.13. The van der Waals surface area contributed by atoms with Gasteiger partial charge >= 0.3 is 0 Å². The van der Waals surface area contributed by atoms with Gasteiger partial charge in [0.15, 0.2) is 6.29 Å². The number of benzene rings is 1. The molecule has 1 aromatic heterocycles. The first kappa shape index (κ1) is 12.0. The Hall–Kier alpha value is -2.01. The highest BCUT2D eigenvalue weighted by molar-refractivity contribution is 5.76. The van der Waals surface area contributed by atoms with Crippen molar-refractivity contribution in [1.82, 2.24) is 9.78 Å². The minimum atomic E-state index is -0.300. The highest BCUT2D eigenvalue weighted by Gasteiger charge is 2.24. The van der Waals surface area contributed by atoms with E-state index in [1.165, 1.54) is 12.1 Å². The predicted molar refractivity (Wildman–Crippen MR) is 66.8 cm³/mol. The first-order chi connectivity index (χ1) is 9.28. The molecule has 98 valence electrons. The van der Waals surface area contributed by atoms with Crippen molar-refractivity contribution in [2.75, 3.05) is 6.61 Å². The van der Waals surface area contributed by atoms with E-state index in [0.717, 1.165) is 19.1 Å². The molecule has 0 N–H and O–H groups in total. The molecule has 1 saturated heterocycles. The third kappa shape index (κ3) is 2.29. The van der Waals surface area contributed by atoms with Gasteiger partial charge in [0.05, 0.1) is 11.3 Å². The van der Waals surface area contributed by atoms with Crippen LogP contribution in [0.1, 0.15) is 35.0 Å². The zero-order chi connectivity index (χ0) is 13.2. The van der Waals surface area contributed by atoms with E-state index < -0.39 is 0 Å². The number of aromatic nitrogens is 2. The number of rotatable bonds is 3. The highest BCUT2D eigenvalue weighted by atomic mass is 19.1. The molecular weight excluding hydrogens is 247 g/mol. The molecule has 0 radical (unpaired) electrons. The van der Waals surface area contributed by atoms with Gasteiger partial charge in [-0.3, -0.25) is 4.79 Å². The Morgan fingerprint density at radius 3 is 2.79 bits per heavy atom. The maximum absolute atomic E-state index is 12.9. The fraction of sp³-hybridized carbons (Fsp3) is 0.286. The van der Waals surface area contributed by atoms with Crippen LogP contribution in [-0.2, 0) is 4.74 Å². The SMILES string of the molecule is O=Cc1cn(-c2ccc(F)cc2)nc1C1CCCO1. The Balaban J connectivity index is 1.98. The molecule has 1 aliphatic heterocycles. The molecule has 2 heterocycles. The van der Waals surface area contributed by atoms with Gasteiger partial charge in [-0.15, -0.1) is 0 Å². The zero-order valence-electron chi connectivity index (χ0n) is 10.3. The van der Waals surface area contributed by atoms with E-state index in [1.54, 1.807) is 23.0 Å². The van der Waals surface area contributed by atoms with E-state index in [1.807, 2.05) is 0 Å². The standard InChI is InChI=1S/C14H13FN2O2/c15-11-3-5-12(6-4-11)17-8-10(9-18)14(16-17)13-2-1-7-19-13/h3-6,8-9,13H,1-2,7H2. The van der Waals surface area contributed by atoms with E-state index in [4.69, 9.17) is 4.74 Å². The Morgan fingerprint density at radius 2 is 2.16 bits per heavy atom. The second kappa shape index (κ2) is 4.93. The van der Waals surface area contributed by atoms with Gasteiger partial charge in [-0.05, 0) is 37.1 Å². The van der Waals surface area contributed by atoms with Crippen molar-refractivity contribution in [3.63, 3.8) is 0 Å². The van der Waals surface area contributed by atoms with Gasteiger partial charge in [0, 0.05) is 12.8 Å². The van der Waals surface area contributed by atoms with Crippen molar-refractivity contribution in [2.45, 2.75) is 18.9 Å². The Bertz CT molecular complexity index is 586. The van der Waals surface area contributed by atoms with E-state index >= 15 is 0 Å². The summed E-state index contributed by atoms with van der Waals surface area (Å²) in [7, 11) is 0. The lowest BCUT2D eigenvalue weighted by atomic mass is 10.1. The number of hydrogen-bond donors (Lipinski definition) is 0. The smallest absolute Gasteiger partial charge is 0.153 e. The van der Waals surface area contributed by atoms with Gasteiger partial charge in [0.25, 0.3) is 0 Å². The minimum absolute atomic E-state index is 0.109. The number of ether oxygens (including phenoxy) is 1. The number of carbonyl (C=O) groups excluding carboxylic acids is 1. The molecule has 3 rings (SSSR count). The minimum Gasteiger partial charge on any atom is -0.372 e. The molecule has 0 amide bonds. The highest BCUT2D eigenvalue weighted by Crippen LogP contribution is 2.29. The summed E-state index contributed by atoms with van der Waals surface area (Å²) >= 11 is 0. The molecular formula is C14H13FN2O2. The Labute approximate surface area is 109 Å². The molecule has 1 aromatic carbocycles. The average molecular weight is 260 g/mol. The van der Waals surface area contributed by atoms with Crippen LogP contribution in [0.3, 0.4) is 0 Å². The van der Waals surface area contributed by atoms with Crippen LogP contribution in [0.5, 0.6) is 0 Å². The quantitative estimate of drug-likeness (QED) is 0.797. The van der Waals surface area contributed by atoms with Gasteiger partial charge in [-0.1, -0.05) is 0 Å². The molecule has 1 fully saturated rings. The molecule has 1 aliphatic rings. The van der Waals surface area contributed by atoms with Gasteiger partial charge in [-0.25, -0.2) is 9.07 Å². The fourth-order valence-corrected chi connectivity index (χ4v) is 2.26. The van der Waals surface area contributed by atoms with Crippen LogP contribution in [-0.4, -0.2) is 22.7 Å². The lowest BCUT2D eigenvalue weighted by Gasteiger charge is -2.06. The van der Waals surface area contributed by atoms with Gasteiger partial charge < -0.3 is 4.74 Å². The topological polar surface area (TPSA) is 44.1 Å². The first-order valence-electron chi connectivity index (χ1n) is 6.20. The Morgan fingerprint density at radius 1 is 1.37 bits per heavy atom. The van der Waals surface area contributed by atoms with Crippen LogP contribution in [0, 0.1) is 5.82 Å². The largest absolute Gasteiger partial charge is 0.372 e. The summed E-state index contributed by atoms with van der Waals surface area (Å²) in [6.45, 7) is 0.701. The van der Waals surface area contributed by atoms with Crippen LogP contribution >= 0.6 is 0 Å². The van der Waals surface area contributed by atoms with Crippen molar-refractivity contribution < 1.29 is 13.9 Å². The fourth-order valence-electron chi connectivity index (χ4n) is 2.26. The molecule has 5 heteroatoms. The number of aldehydes is 1. The lowest BCUT2D eigenvalue weighted by molar-refractivity contribution is 0.104. The summed E-state index contributed by atoms with van der Waals surface area (Å²) in [5.41, 5.74) is 1.90. The molecule has 0 aliphatic carbocycles. The average Bonchev–Trinajstić information content (AvgIpc) is 3.08. The second-order valence-electron chi connectivity index (χ2n) is 4.51. The van der Waals surface area contributed by atoms with Crippen LogP contribution in [0.25, 0.3) is 5.69 Å². The molecule has 1 unspecified atom stereocenters. The summed E-state index contributed by atoms with van der Waals surface area (Å²) in [6, 6.07) is 5.97. The summed E-state index contributed by atoms with van der Waals surface area (Å²) in [5.74, 6) is -0.300. The summed E-state index contributed by atoms with van der Waals surface area (Å²) in [6.07, 6.45) is 4.18. The first-order valence-corrected chi connectivity index (χ1v) is 6.20. The third-order valence-electron chi connectivity index (χ3n) is 3.23. The molecule has 4 nitrogen and oxygen atoms in total. The molecule has 0 spiro atoms. The van der Waals surface area contributed by atoms with Crippen LogP contribution < -0.4 is 0 Å². The molecule has 0 saturated carbocycles. The molecule has 1 atom stereocenters. The number of carbonyl (C=O) groups is 1. The molecule has 2 aromatic rings. The second-order valence-corrected chi connectivity index (χ2v) is 4.51. The zero-order valence-corrected chi connectivity index (χ0v) is 10.3. The predicted octanol–water partition coefficient (Wildman–Crippen LogP) is 2.68. The van der Waals surface area contributed by atoms with Crippen molar-refractivity contribution in [3.8, 4) is 5.69 Å². The monoisotopic (exact) mass is 260 g/mol. The maximum Gasteiger partial charge on any atom is 0.153 e. The lowest BCUT2D eigenvalue weighted by Crippen LogP contribution is -2.01. The van der Waals surface area contributed by atoms with Crippen molar-refractivity contribution in [2.24, 2.45) is 0 Å². The van der Waals surface area contributed by atoms with Crippen molar-refractivity contribution in [3.05, 3.63) is 47.5 Å². The van der Waals surface area contributed by atoms with Crippen LogP contribution in [0.2, 0.25) is 0 Å². The van der Waals surface area contributed by atoms with Crippen molar-refractivity contribution in [1.29, 1.82) is 0 Å². The summed E-state index contributed by atoms with van der Waals surface area (Å²) in [4.78, 5) is 11.1. The van der Waals surface area contributed by atoms with Crippen LogP contribution in [0.4, 0.5) is 4.39 Å². The van der Waals surface area contributed by atoms with Crippen LogP contribution in [0.15, 0.2) is 30.5 Å². The number of nitrogens with zero attached hydrogens (tertiary/aromatic N) is 2. The number of halogens is 1. The van der Waals surface area contributed by atoms with E-state index in [-0.39, 0.29) is 11.9 Å². The van der Waals surface area contributed by atoms with E-state index in [2.05, 4.69) is 5.10 Å². The van der Waals surface area contributed by atoms with E-state index in [0.29, 0.717) is 23.6 Å². The molecule has 19 heavy (non-hydrogen) atoms. The van der Waals surface area contributed by atoms with E-state index in [9.17, 15) is 9.18 Å². The molecule has 0 bridgehead atoms. The maximum atomic E-state index is 12.9. The van der Waals surface area contributed by atoms with Gasteiger partial charge in [0.2, 0.25) is 0 Å².